The van der Waals surface area contributed by atoms with E-state index in [-0.39, 0.29) is 17.8 Å². The van der Waals surface area contributed by atoms with Crippen molar-refractivity contribution in [1.29, 1.82) is 0 Å². The van der Waals surface area contributed by atoms with E-state index in [1.54, 1.807) is 11.3 Å². The van der Waals surface area contributed by atoms with Crippen molar-refractivity contribution >= 4 is 43.9 Å². The Hall–Kier alpha value is -1.66. The third-order valence-electron chi connectivity index (χ3n) is 3.17. The summed E-state index contributed by atoms with van der Waals surface area (Å²) in [6, 6.07) is 13.3. The maximum absolute atomic E-state index is 12.4. The summed E-state index contributed by atoms with van der Waals surface area (Å²) in [5.74, 6) is 0.789. The van der Waals surface area contributed by atoms with Gasteiger partial charge >= 0.3 is 0 Å². The van der Waals surface area contributed by atoms with Gasteiger partial charge in [0.05, 0.1) is 6.61 Å². The van der Waals surface area contributed by atoms with Gasteiger partial charge in [0, 0.05) is 20.2 Å². The number of halogens is 1. The van der Waals surface area contributed by atoms with Crippen LogP contribution in [0.3, 0.4) is 0 Å². The Bertz CT molecular complexity index is 862. The van der Waals surface area contributed by atoms with Crippen molar-refractivity contribution < 1.29 is 4.74 Å². The first-order valence-corrected chi connectivity index (χ1v) is 8.74. The molecule has 0 aliphatic carbocycles. The van der Waals surface area contributed by atoms with Crippen LogP contribution in [0.4, 0.5) is 0 Å². The molecule has 3 aromatic rings. The van der Waals surface area contributed by atoms with Gasteiger partial charge in [-0.15, -0.1) is 23.7 Å². The molecule has 0 atom stereocenters. The second kappa shape index (κ2) is 10.4. The van der Waals surface area contributed by atoms with Crippen LogP contribution in [0, 0.1) is 0 Å². The van der Waals surface area contributed by atoms with Gasteiger partial charge in [0.15, 0.2) is 5.43 Å². The third-order valence-corrected chi connectivity index (χ3v) is 4.30. The van der Waals surface area contributed by atoms with E-state index in [4.69, 9.17) is 10.5 Å². The highest BCUT2D eigenvalue weighted by atomic mass is 35.5. The quantitative estimate of drug-likeness (QED) is 0.553. The molecule has 0 aliphatic heterocycles. The zero-order chi connectivity index (χ0) is 17.5. The molecule has 0 amide bonds. The molecule has 2 aromatic carbocycles. The Morgan fingerprint density at radius 2 is 1.68 bits per heavy atom. The fourth-order valence-corrected chi connectivity index (χ4v) is 3.24. The third kappa shape index (κ3) is 5.97. The number of nitrogens with two attached hydrogens (primary N) is 1. The maximum Gasteiger partial charge on any atom is 0.195 e. The van der Waals surface area contributed by atoms with E-state index in [0.29, 0.717) is 13.2 Å². The Labute approximate surface area is 158 Å². The topological polar surface area (TPSA) is 55.6 Å². The number of rotatable bonds is 4. The van der Waals surface area contributed by atoms with Crippen molar-refractivity contribution in [3.05, 3.63) is 52.7 Å². The van der Waals surface area contributed by atoms with Crippen LogP contribution in [0.1, 0.15) is 6.42 Å². The molecule has 6 heteroatoms. The minimum Gasteiger partial charge on any atom is -0.493 e. The van der Waals surface area contributed by atoms with Crippen LogP contribution >= 0.6 is 23.7 Å². The van der Waals surface area contributed by atoms with E-state index in [0.717, 1.165) is 32.3 Å². The number of hydrogen-bond acceptors (Lipinski definition) is 5. The molecule has 2 N–H and O–H groups in total. The van der Waals surface area contributed by atoms with Crippen LogP contribution in [0.2, 0.25) is 0 Å². The predicted octanol–water partition coefficient (Wildman–Crippen LogP) is 3.74. The van der Waals surface area contributed by atoms with Crippen LogP contribution in [0.5, 0.6) is 5.75 Å². The van der Waals surface area contributed by atoms with Crippen LogP contribution < -0.4 is 15.9 Å². The van der Waals surface area contributed by atoms with E-state index in [1.165, 1.54) is 0 Å². The highest BCUT2D eigenvalue weighted by Gasteiger charge is 2.06. The normalized spacial score (nSPS) is 10.3. The second-order valence-corrected chi connectivity index (χ2v) is 7.00. The summed E-state index contributed by atoms with van der Waals surface area (Å²) in [5.41, 5.74) is 5.53. The van der Waals surface area contributed by atoms with Gasteiger partial charge in [0.25, 0.3) is 0 Å². The van der Waals surface area contributed by atoms with Crippen molar-refractivity contribution in [2.45, 2.75) is 6.42 Å². The van der Waals surface area contributed by atoms with Crippen molar-refractivity contribution in [2.75, 3.05) is 34.3 Å². The summed E-state index contributed by atoms with van der Waals surface area (Å²) < 4.78 is 7.59. The number of ether oxygens (including phenoxy) is 1. The number of hydrogen-bond donors (Lipinski definition) is 1. The number of nitrogens with zero attached hydrogens (tertiary/aromatic N) is 1. The monoisotopic (exact) mass is 380 g/mol. The molecular formula is C19H25ClN2O2S. The molecule has 0 aliphatic rings. The molecule has 1 heterocycles. The Balaban J connectivity index is 0.000000568. The van der Waals surface area contributed by atoms with Crippen LogP contribution in [-0.4, -0.2) is 39.2 Å². The highest BCUT2D eigenvalue weighted by molar-refractivity contribution is 7.24. The average Bonchev–Trinajstić information content (AvgIpc) is 2.55. The summed E-state index contributed by atoms with van der Waals surface area (Å²) in [7, 11) is 6.00. The summed E-state index contributed by atoms with van der Waals surface area (Å²) in [5, 5.41) is 1.53. The van der Waals surface area contributed by atoms with Crippen molar-refractivity contribution in [1.82, 2.24) is 4.90 Å². The van der Waals surface area contributed by atoms with E-state index < -0.39 is 0 Å². The summed E-state index contributed by atoms with van der Waals surface area (Å²) in [6.45, 7) is 1.22. The number of benzene rings is 2. The minimum absolute atomic E-state index is 0. The Kier molecular flexibility index (Phi) is 8.86. The minimum atomic E-state index is 0. The summed E-state index contributed by atoms with van der Waals surface area (Å²) in [4.78, 5) is 14.4. The lowest BCUT2D eigenvalue weighted by molar-refractivity contribution is 0.314. The van der Waals surface area contributed by atoms with E-state index >= 15 is 0 Å². The molecule has 0 bridgehead atoms. The van der Waals surface area contributed by atoms with Crippen LogP contribution in [-0.2, 0) is 0 Å². The molecule has 0 radical (unpaired) electrons. The standard InChI is InChI=1S/C16H15NO2S.C3H9N.ClH/c17-8-3-9-19-11-6-7-13-15(10-11)20-14-5-2-1-4-12(14)16(13)18;1-4(2)3;/h1-2,4-7,10H,3,8-9,17H2;1-3H3;1H. The van der Waals surface area contributed by atoms with Crippen molar-refractivity contribution in [3.63, 3.8) is 0 Å². The predicted molar refractivity (Wildman–Crippen MR) is 112 cm³/mol. The SMILES string of the molecule is CN(C)C.Cl.NCCCOc1ccc2c(=O)c3ccccc3sc2c1. The summed E-state index contributed by atoms with van der Waals surface area (Å²) in [6.07, 6.45) is 0.825. The largest absolute Gasteiger partial charge is 0.493 e. The van der Waals surface area contributed by atoms with Crippen molar-refractivity contribution in [3.8, 4) is 5.75 Å². The van der Waals surface area contributed by atoms with Crippen LogP contribution in [0.15, 0.2) is 47.3 Å². The first kappa shape index (κ1) is 21.4. The molecule has 0 unspecified atom stereocenters. The molecule has 0 saturated heterocycles. The molecule has 0 fully saturated rings. The molecule has 0 spiro atoms. The molecule has 3 rings (SSSR count). The fourth-order valence-electron chi connectivity index (χ4n) is 2.14. The lowest BCUT2D eigenvalue weighted by Crippen LogP contribution is -2.06. The maximum atomic E-state index is 12.4. The van der Waals surface area contributed by atoms with Gasteiger partial charge in [-0.3, -0.25) is 4.79 Å². The smallest absolute Gasteiger partial charge is 0.195 e. The second-order valence-electron chi connectivity index (χ2n) is 5.92. The van der Waals surface area contributed by atoms with Crippen LogP contribution in [0.25, 0.3) is 20.2 Å². The summed E-state index contributed by atoms with van der Waals surface area (Å²) >= 11 is 1.61. The Morgan fingerprint density at radius 3 is 2.36 bits per heavy atom. The average molecular weight is 381 g/mol. The van der Waals surface area contributed by atoms with Crippen molar-refractivity contribution in [2.24, 2.45) is 5.73 Å². The van der Waals surface area contributed by atoms with Gasteiger partial charge in [-0.1, -0.05) is 12.1 Å². The first-order chi connectivity index (χ1) is 11.5. The molecule has 1 aromatic heterocycles. The molecule has 0 saturated carbocycles. The van der Waals surface area contributed by atoms with Gasteiger partial charge in [-0.2, -0.15) is 0 Å². The van der Waals surface area contributed by atoms with Gasteiger partial charge in [0.1, 0.15) is 5.75 Å². The molecular weight excluding hydrogens is 356 g/mol. The van der Waals surface area contributed by atoms with E-state index in [9.17, 15) is 4.79 Å². The van der Waals surface area contributed by atoms with Gasteiger partial charge in [0.2, 0.25) is 0 Å². The lowest BCUT2D eigenvalue weighted by atomic mass is 10.2. The zero-order valence-corrected chi connectivity index (χ0v) is 16.5. The van der Waals surface area contributed by atoms with Gasteiger partial charge < -0.3 is 15.4 Å². The van der Waals surface area contributed by atoms with Gasteiger partial charge in [-0.25, -0.2) is 0 Å². The lowest BCUT2D eigenvalue weighted by Gasteiger charge is -2.06. The highest BCUT2D eigenvalue weighted by Crippen LogP contribution is 2.27. The van der Waals surface area contributed by atoms with Gasteiger partial charge in [-0.05, 0) is 64.4 Å². The zero-order valence-electron chi connectivity index (χ0n) is 14.8. The molecule has 136 valence electrons. The molecule has 25 heavy (non-hydrogen) atoms. The molecule has 4 nitrogen and oxygen atoms in total. The van der Waals surface area contributed by atoms with E-state index in [2.05, 4.69) is 0 Å². The first-order valence-electron chi connectivity index (χ1n) is 7.92. The Morgan fingerprint density at radius 1 is 1.04 bits per heavy atom. The van der Waals surface area contributed by atoms with E-state index in [1.807, 2.05) is 68.5 Å². The fraction of sp³-hybridized carbons (Fsp3) is 0.316. The number of fused-ring (bicyclic) bond motifs is 2.